The zero-order valence-corrected chi connectivity index (χ0v) is 20.3. The number of hydrogen-bond acceptors (Lipinski definition) is 4. The molecule has 1 atom stereocenters. The van der Waals surface area contributed by atoms with E-state index in [9.17, 15) is 4.79 Å². The number of piperidine rings is 1. The molecule has 3 aromatic rings. The van der Waals surface area contributed by atoms with Gasteiger partial charge in [-0.3, -0.25) is 4.79 Å². The number of amides is 1. The summed E-state index contributed by atoms with van der Waals surface area (Å²) in [7, 11) is 0. The summed E-state index contributed by atoms with van der Waals surface area (Å²) in [6.45, 7) is 5.44. The molecule has 0 radical (unpaired) electrons. The van der Waals surface area contributed by atoms with E-state index in [0.717, 1.165) is 19.3 Å². The fraction of sp³-hybridized carbons (Fsp3) is 0.360. The number of likely N-dealkylation sites (tertiary alicyclic amines) is 1. The fourth-order valence-corrected chi connectivity index (χ4v) is 4.29. The summed E-state index contributed by atoms with van der Waals surface area (Å²) in [6.07, 6.45) is 3.09. The Hall–Kier alpha value is -2.54. The second-order valence-corrected chi connectivity index (χ2v) is 9.45. The average molecular weight is 487 g/mol. The first kappa shape index (κ1) is 23.6. The van der Waals surface area contributed by atoms with Crippen molar-refractivity contribution in [3.63, 3.8) is 0 Å². The number of carbonyl (C=O) groups excluding carboxylic acids is 1. The van der Waals surface area contributed by atoms with E-state index in [1.54, 1.807) is 35.0 Å². The maximum atomic E-state index is 13.6. The first-order valence-electron chi connectivity index (χ1n) is 11.2. The Balaban J connectivity index is 1.91. The largest absolute Gasteiger partial charge is 0.439 e. The van der Waals surface area contributed by atoms with Crippen molar-refractivity contribution in [2.24, 2.45) is 11.7 Å². The Morgan fingerprint density at radius 1 is 1.03 bits per heavy atom. The molecule has 1 fully saturated rings. The van der Waals surface area contributed by atoms with Gasteiger partial charge in [0, 0.05) is 24.2 Å². The van der Waals surface area contributed by atoms with Crippen LogP contribution in [-0.2, 0) is 0 Å². The number of para-hydroxylation sites is 1. The highest BCUT2D eigenvalue weighted by atomic mass is 35.5. The second-order valence-electron chi connectivity index (χ2n) is 8.61. The van der Waals surface area contributed by atoms with Gasteiger partial charge in [0.05, 0.1) is 16.3 Å². The van der Waals surface area contributed by atoms with Gasteiger partial charge < -0.3 is 15.4 Å². The van der Waals surface area contributed by atoms with Crippen LogP contribution in [0.2, 0.25) is 10.0 Å². The highest BCUT2D eigenvalue weighted by Gasteiger charge is 2.33. The molecule has 6 nitrogen and oxygen atoms in total. The van der Waals surface area contributed by atoms with Gasteiger partial charge in [0.2, 0.25) is 5.88 Å². The first-order valence-corrected chi connectivity index (χ1v) is 12.0. The number of halogens is 2. The summed E-state index contributed by atoms with van der Waals surface area (Å²) >= 11 is 12.6. The average Bonchev–Trinajstić information content (AvgIpc) is 3.19. The van der Waals surface area contributed by atoms with E-state index in [1.165, 1.54) is 0 Å². The Labute approximate surface area is 204 Å². The Kier molecular flexibility index (Phi) is 7.27. The van der Waals surface area contributed by atoms with Gasteiger partial charge in [-0.1, -0.05) is 49.2 Å². The third-order valence-corrected chi connectivity index (χ3v) is 6.46. The molecule has 174 valence electrons. The third kappa shape index (κ3) is 5.03. The highest BCUT2D eigenvalue weighted by Crippen LogP contribution is 2.38. The molecule has 1 aliphatic heterocycles. The molecule has 0 bridgehead atoms. The minimum atomic E-state index is -0.465. The van der Waals surface area contributed by atoms with Crippen molar-refractivity contribution >= 4 is 29.1 Å². The summed E-state index contributed by atoms with van der Waals surface area (Å²) in [6, 6.07) is 13.9. The number of rotatable bonds is 6. The number of hydrogen-bond donors (Lipinski definition) is 1. The summed E-state index contributed by atoms with van der Waals surface area (Å²) < 4.78 is 7.92. The molecule has 2 heterocycles. The first-order chi connectivity index (χ1) is 15.9. The van der Waals surface area contributed by atoms with Crippen LogP contribution in [0.3, 0.4) is 0 Å². The van der Waals surface area contributed by atoms with Crippen molar-refractivity contribution in [3.05, 3.63) is 69.8 Å². The molecular formula is C25H28Cl2N4O2. The van der Waals surface area contributed by atoms with E-state index in [1.807, 2.05) is 36.9 Å². The molecule has 2 aromatic carbocycles. The third-order valence-electron chi connectivity index (χ3n) is 5.88. The van der Waals surface area contributed by atoms with Gasteiger partial charge in [-0.15, -0.1) is 0 Å². The summed E-state index contributed by atoms with van der Waals surface area (Å²) in [5.74, 6) is 0.857. The van der Waals surface area contributed by atoms with Crippen molar-refractivity contribution in [3.8, 4) is 17.3 Å². The van der Waals surface area contributed by atoms with Crippen LogP contribution in [0.5, 0.6) is 11.6 Å². The molecule has 33 heavy (non-hydrogen) atoms. The molecule has 0 aliphatic carbocycles. The molecule has 0 saturated carbocycles. The number of benzene rings is 2. The van der Waals surface area contributed by atoms with Crippen molar-refractivity contribution < 1.29 is 9.53 Å². The molecule has 0 spiro atoms. The number of ether oxygens (including phenoxy) is 1. The molecule has 8 heteroatoms. The van der Waals surface area contributed by atoms with Crippen LogP contribution >= 0.6 is 23.2 Å². The van der Waals surface area contributed by atoms with Crippen LogP contribution in [0.1, 0.15) is 55.2 Å². The monoisotopic (exact) mass is 486 g/mol. The molecule has 2 N–H and O–H groups in total. The zero-order valence-electron chi connectivity index (χ0n) is 18.8. The van der Waals surface area contributed by atoms with Crippen LogP contribution in [-0.4, -0.2) is 33.7 Å². The molecule has 4 rings (SSSR count). The highest BCUT2D eigenvalue weighted by molar-refractivity contribution is 6.32. The SMILES string of the molecule is CC(C)C(N)c1c(C(=O)N2CCCCC2)nn(-c2ccccc2Cl)c1Oc1ccc(Cl)cc1. The van der Waals surface area contributed by atoms with Crippen molar-refractivity contribution in [2.75, 3.05) is 13.1 Å². The molecule has 1 amide bonds. The predicted octanol–water partition coefficient (Wildman–Crippen LogP) is 6.25. The standard InChI is InChI=1S/C25H28Cl2N4O2/c1-16(2)22(28)21-23(24(32)30-14-6-3-7-15-30)29-31(20-9-5-4-8-19(20)27)25(21)33-18-12-10-17(26)11-13-18/h4-5,8-13,16,22H,3,6-7,14-15,28H2,1-2H3. The van der Waals surface area contributed by atoms with Crippen LogP contribution in [0, 0.1) is 5.92 Å². The lowest BCUT2D eigenvalue weighted by molar-refractivity contribution is 0.0716. The fourth-order valence-electron chi connectivity index (χ4n) is 3.95. The van der Waals surface area contributed by atoms with Gasteiger partial charge >= 0.3 is 0 Å². The molecule has 1 saturated heterocycles. The number of nitrogens with zero attached hydrogens (tertiary/aromatic N) is 3. The summed E-state index contributed by atoms with van der Waals surface area (Å²) in [5, 5.41) is 5.83. The lowest BCUT2D eigenvalue weighted by atomic mass is 9.96. The van der Waals surface area contributed by atoms with Crippen LogP contribution in [0.25, 0.3) is 5.69 Å². The summed E-state index contributed by atoms with van der Waals surface area (Å²) in [4.78, 5) is 15.5. The van der Waals surface area contributed by atoms with Crippen LogP contribution in [0.4, 0.5) is 0 Å². The quantitative estimate of drug-likeness (QED) is 0.446. The number of aromatic nitrogens is 2. The van der Waals surface area contributed by atoms with Gasteiger partial charge in [0.25, 0.3) is 5.91 Å². The lowest BCUT2D eigenvalue weighted by Gasteiger charge is -2.27. The van der Waals surface area contributed by atoms with E-state index < -0.39 is 6.04 Å². The van der Waals surface area contributed by atoms with Crippen LogP contribution in [0.15, 0.2) is 48.5 Å². The predicted molar refractivity (Wildman–Crippen MR) is 132 cm³/mol. The van der Waals surface area contributed by atoms with Crippen molar-refractivity contribution in [1.82, 2.24) is 14.7 Å². The smallest absolute Gasteiger partial charge is 0.274 e. The van der Waals surface area contributed by atoms with E-state index in [-0.39, 0.29) is 11.8 Å². The zero-order chi connectivity index (χ0) is 23.5. The van der Waals surface area contributed by atoms with E-state index >= 15 is 0 Å². The number of carbonyl (C=O) groups is 1. The number of nitrogens with two attached hydrogens (primary N) is 1. The maximum absolute atomic E-state index is 13.6. The molecule has 1 aromatic heterocycles. The van der Waals surface area contributed by atoms with Crippen molar-refractivity contribution in [2.45, 2.75) is 39.2 Å². The van der Waals surface area contributed by atoms with Gasteiger partial charge in [-0.25, -0.2) is 0 Å². The van der Waals surface area contributed by atoms with Gasteiger partial charge in [0.15, 0.2) is 5.69 Å². The second kappa shape index (κ2) is 10.2. The van der Waals surface area contributed by atoms with Gasteiger partial charge in [-0.05, 0) is 61.6 Å². The van der Waals surface area contributed by atoms with E-state index in [2.05, 4.69) is 0 Å². The Morgan fingerprint density at radius 3 is 2.33 bits per heavy atom. The molecule has 1 aliphatic rings. The topological polar surface area (TPSA) is 73.4 Å². The maximum Gasteiger partial charge on any atom is 0.274 e. The minimum Gasteiger partial charge on any atom is -0.439 e. The lowest BCUT2D eigenvalue weighted by Crippen LogP contribution is -2.37. The van der Waals surface area contributed by atoms with E-state index in [0.29, 0.717) is 51.7 Å². The van der Waals surface area contributed by atoms with Gasteiger partial charge in [0.1, 0.15) is 5.75 Å². The van der Waals surface area contributed by atoms with Crippen LogP contribution < -0.4 is 10.5 Å². The van der Waals surface area contributed by atoms with Gasteiger partial charge in [-0.2, -0.15) is 9.78 Å². The van der Waals surface area contributed by atoms with Crippen molar-refractivity contribution in [1.29, 1.82) is 0 Å². The summed E-state index contributed by atoms with van der Waals surface area (Å²) in [5.41, 5.74) is 8.15. The Bertz CT molecular complexity index is 1120. The molecular weight excluding hydrogens is 459 g/mol. The minimum absolute atomic E-state index is 0.0503. The molecule has 1 unspecified atom stereocenters. The van der Waals surface area contributed by atoms with E-state index in [4.69, 9.17) is 38.8 Å². The normalized spacial score (nSPS) is 15.0. The Morgan fingerprint density at radius 2 is 1.70 bits per heavy atom.